The van der Waals surface area contributed by atoms with Crippen LogP contribution in [0.15, 0.2) is 53.1 Å². The van der Waals surface area contributed by atoms with Gasteiger partial charge in [-0.15, -0.1) is 0 Å². The van der Waals surface area contributed by atoms with E-state index in [1.807, 2.05) is 54.6 Å². The number of hydrogen-bond acceptors (Lipinski definition) is 5. The van der Waals surface area contributed by atoms with Crippen LogP contribution in [-0.2, 0) is 0 Å². The van der Waals surface area contributed by atoms with Gasteiger partial charge in [0.25, 0.3) is 0 Å². The summed E-state index contributed by atoms with van der Waals surface area (Å²) in [7, 11) is 0. The second-order valence-corrected chi connectivity index (χ2v) is 6.99. The van der Waals surface area contributed by atoms with Gasteiger partial charge in [-0.05, 0) is 50.2 Å². The van der Waals surface area contributed by atoms with E-state index in [0.717, 1.165) is 36.3 Å². The highest BCUT2D eigenvalue weighted by Gasteiger charge is 2.14. The molecule has 142 valence electrons. The maximum Gasteiger partial charge on any atom is 0.167 e. The Morgan fingerprint density at radius 3 is 2.75 bits per heavy atom. The Kier molecular flexibility index (Phi) is 5.69. The second-order valence-electron chi connectivity index (χ2n) is 6.99. The van der Waals surface area contributed by atoms with Gasteiger partial charge in [0, 0.05) is 12.1 Å². The van der Waals surface area contributed by atoms with Crippen LogP contribution >= 0.6 is 0 Å². The zero-order chi connectivity index (χ0) is 19.2. The van der Waals surface area contributed by atoms with Crippen molar-refractivity contribution in [1.82, 2.24) is 10.1 Å². The molecule has 1 aromatic heterocycles. The molecular formula is C23H23N3O2. The van der Waals surface area contributed by atoms with E-state index in [1.54, 1.807) is 0 Å². The molecule has 0 saturated carbocycles. The summed E-state index contributed by atoms with van der Waals surface area (Å²) in [6.45, 7) is 3.88. The van der Waals surface area contributed by atoms with Gasteiger partial charge in [0.1, 0.15) is 24.1 Å². The first-order valence-electron chi connectivity index (χ1n) is 9.76. The number of hydrogen-bond donors (Lipinski definition) is 0. The highest BCUT2D eigenvalue weighted by atomic mass is 16.5. The molecule has 1 aliphatic heterocycles. The first-order chi connectivity index (χ1) is 13.8. The lowest BCUT2D eigenvalue weighted by molar-refractivity contribution is 0.183. The molecule has 0 N–H and O–H groups in total. The molecule has 5 nitrogen and oxygen atoms in total. The van der Waals surface area contributed by atoms with Crippen LogP contribution in [0.25, 0.3) is 22.6 Å². The topological polar surface area (TPSA) is 62.3 Å². The van der Waals surface area contributed by atoms with Crippen LogP contribution in [0.2, 0.25) is 0 Å². The summed E-state index contributed by atoms with van der Waals surface area (Å²) in [5.74, 6) is 0.778. The fourth-order valence-electron chi connectivity index (χ4n) is 3.59. The highest BCUT2D eigenvalue weighted by molar-refractivity contribution is 5.99. The van der Waals surface area contributed by atoms with Crippen LogP contribution in [0.4, 0.5) is 0 Å². The van der Waals surface area contributed by atoms with Crippen molar-refractivity contribution in [3.8, 4) is 11.8 Å². The van der Waals surface area contributed by atoms with E-state index in [0.29, 0.717) is 23.5 Å². The third kappa shape index (κ3) is 4.08. The Bertz CT molecular complexity index is 1010. The molecule has 0 amide bonds. The molecule has 2 aromatic carbocycles. The number of allylic oxidation sites excluding steroid dienone is 1. The number of ether oxygens (including phenoxy) is 1. The maximum absolute atomic E-state index is 9.71. The lowest BCUT2D eigenvalue weighted by Gasteiger charge is -2.26. The largest absolute Gasteiger partial charge is 0.492 e. The van der Waals surface area contributed by atoms with Crippen LogP contribution in [0.5, 0.6) is 5.75 Å². The fraction of sp³-hybridized carbons (Fsp3) is 0.304. The van der Waals surface area contributed by atoms with Gasteiger partial charge in [0.2, 0.25) is 0 Å². The van der Waals surface area contributed by atoms with E-state index in [4.69, 9.17) is 9.26 Å². The lowest BCUT2D eigenvalue weighted by Crippen LogP contribution is -2.33. The molecule has 1 aliphatic rings. The van der Waals surface area contributed by atoms with Gasteiger partial charge in [-0.25, -0.2) is 0 Å². The van der Waals surface area contributed by atoms with Gasteiger partial charge in [-0.3, -0.25) is 4.90 Å². The standard InChI is InChI=1S/C23H23N3O2/c24-17-19(23-20-9-3-5-11-22(20)28-25-23)16-18-8-2-4-10-21(18)27-15-14-26-12-6-1-7-13-26/h2-5,8-11,16H,1,6-7,12-15H2. The normalized spacial score (nSPS) is 15.5. The van der Waals surface area contributed by atoms with Gasteiger partial charge >= 0.3 is 0 Å². The minimum Gasteiger partial charge on any atom is -0.492 e. The molecule has 1 fully saturated rings. The maximum atomic E-state index is 9.71. The van der Waals surface area contributed by atoms with E-state index in [9.17, 15) is 5.26 Å². The van der Waals surface area contributed by atoms with E-state index in [2.05, 4.69) is 16.1 Å². The minimum absolute atomic E-state index is 0.456. The van der Waals surface area contributed by atoms with Crippen molar-refractivity contribution >= 4 is 22.6 Å². The number of piperidine rings is 1. The fourth-order valence-corrected chi connectivity index (χ4v) is 3.59. The number of nitrogens with zero attached hydrogens (tertiary/aromatic N) is 3. The molecule has 0 radical (unpaired) electrons. The van der Waals surface area contributed by atoms with E-state index in [1.165, 1.54) is 19.3 Å². The summed E-state index contributed by atoms with van der Waals surface area (Å²) in [4.78, 5) is 2.45. The van der Waals surface area contributed by atoms with E-state index >= 15 is 0 Å². The Hall–Kier alpha value is -3.10. The van der Waals surface area contributed by atoms with E-state index in [-0.39, 0.29) is 0 Å². The van der Waals surface area contributed by atoms with Crippen molar-refractivity contribution in [2.24, 2.45) is 0 Å². The summed E-state index contributed by atoms with van der Waals surface area (Å²) in [5, 5.41) is 14.6. The molecule has 0 atom stereocenters. The van der Waals surface area contributed by atoms with Crippen molar-refractivity contribution in [3.05, 3.63) is 59.8 Å². The smallest absolute Gasteiger partial charge is 0.167 e. The third-order valence-corrected chi connectivity index (χ3v) is 5.09. The van der Waals surface area contributed by atoms with Crippen molar-refractivity contribution < 1.29 is 9.26 Å². The number of nitriles is 1. The zero-order valence-corrected chi connectivity index (χ0v) is 15.8. The number of benzene rings is 2. The average molecular weight is 373 g/mol. The average Bonchev–Trinajstić information content (AvgIpc) is 3.18. The predicted molar refractivity (Wildman–Crippen MR) is 110 cm³/mol. The molecule has 2 heterocycles. The molecule has 5 heteroatoms. The summed E-state index contributed by atoms with van der Waals surface area (Å²) >= 11 is 0. The number of rotatable bonds is 6. The van der Waals surface area contributed by atoms with Crippen LogP contribution in [-0.4, -0.2) is 36.3 Å². The van der Waals surface area contributed by atoms with Crippen molar-refractivity contribution in [2.75, 3.05) is 26.2 Å². The summed E-state index contributed by atoms with van der Waals surface area (Å²) in [6, 6.07) is 17.6. The summed E-state index contributed by atoms with van der Waals surface area (Å²) < 4.78 is 11.4. The monoisotopic (exact) mass is 373 g/mol. The Balaban J connectivity index is 1.54. The molecule has 0 bridgehead atoms. The molecule has 0 spiro atoms. The minimum atomic E-state index is 0.456. The third-order valence-electron chi connectivity index (χ3n) is 5.09. The molecule has 3 aromatic rings. The van der Waals surface area contributed by atoms with Gasteiger partial charge in [0.05, 0.1) is 11.0 Å². The van der Waals surface area contributed by atoms with Crippen LogP contribution in [0, 0.1) is 11.3 Å². The van der Waals surface area contributed by atoms with Crippen LogP contribution in [0.3, 0.4) is 0 Å². The molecule has 4 rings (SSSR count). The quantitative estimate of drug-likeness (QED) is 0.583. The number of para-hydroxylation sites is 2. The number of likely N-dealkylation sites (tertiary alicyclic amines) is 1. The van der Waals surface area contributed by atoms with Crippen molar-refractivity contribution in [3.63, 3.8) is 0 Å². The second kappa shape index (κ2) is 8.73. The van der Waals surface area contributed by atoms with Crippen molar-refractivity contribution in [1.29, 1.82) is 5.26 Å². The zero-order valence-electron chi connectivity index (χ0n) is 15.8. The van der Waals surface area contributed by atoms with Crippen LogP contribution < -0.4 is 4.74 Å². The summed E-state index contributed by atoms with van der Waals surface area (Å²) in [5.41, 5.74) is 2.55. The lowest BCUT2D eigenvalue weighted by atomic mass is 10.1. The molecule has 0 unspecified atom stereocenters. The van der Waals surface area contributed by atoms with Gasteiger partial charge < -0.3 is 9.26 Å². The Morgan fingerprint density at radius 2 is 1.89 bits per heavy atom. The Morgan fingerprint density at radius 1 is 1.11 bits per heavy atom. The molecule has 1 saturated heterocycles. The van der Waals surface area contributed by atoms with Gasteiger partial charge in [-0.1, -0.05) is 41.9 Å². The van der Waals surface area contributed by atoms with Crippen molar-refractivity contribution in [2.45, 2.75) is 19.3 Å². The SMILES string of the molecule is N#CC(=Cc1ccccc1OCCN1CCCCC1)c1noc2ccccc12. The first kappa shape index (κ1) is 18.3. The number of aromatic nitrogens is 1. The number of fused-ring (bicyclic) bond motifs is 1. The molecule has 28 heavy (non-hydrogen) atoms. The Labute approximate surface area is 164 Å². The van der Waals surface area contributed by atoms with E-state index < -0.39 is 0 Å². The molecule has 0 aliphatic carbocycles. The predicted octanol–water partition coefficient (Wildman–Crippen LogP) is 4.76. The van der Waals surface area contributed by atoms with Gasteiger partial charge in [0.15, 0.2) is 5.58 Å². The van der Waals surface area contributed by atoms with Gasteiger partial charge in [-0.2, -0.15) is 5.26 Å². The highest BCUT2D eigenvalue weighted by Crippen LogP contribution is 2.28. The first-order valence-corrected chi connectivity index (χ1v) is 9.76. The van der Waals surface area contributed by atoms with Crippen LogP contribution in [0.1, 0.15) is 30.5 Å². The molecular weight excluding hydrogens is 350 g/mol. The summed E-state index contributed by atoms with van der Waals surface area (Å²) in [6.07, 6.45) is 5.70.